The SMILES string of the molecule is CCCSCC(CC1CCCc2ccccc21)NC. The maximum Gasteiger partial charge on any atom is 0.0161 e. The van der Waals surface area contributed by atoms with E-state index in [4.69, 9.17) is 0 Å². The van der Waals surface area contributed by atoms with Crippen LogP contribution in [0.25, 0.3) is 0 Å². The first-order valence-electron chi connectivity index (χ1n) is 7.68. The molecule has 1 aromatic carbocycles. The third kappa shape index (κ3) is 4.25. The summed E-state index contributed by atoms with van der Waals surface area (Å²) < 4.78 is 0. The van der Waals surface area contributed by atoms with Crippen molar-refractivity contribution in [3.63, 3.8) is 0 Å². The second-order valence-electron chi connectivity index (χ2n) is 5.58. The summed E-state index contributed by atoms with van der Waals surface area (Å²) in [5.41, 5.74) is 3.21. The Kier molecular flexibility index (Phi) is 6.25. The van der Waals surface area contributed by atoms with E-state index in [1.807, 2.05) is 0 Å². The number of aryl methyl sites for hydroxylation is 1. The van der Waals surface area contributed by atoms with Crippen LogP contribution in [0.4, 0.5) is 0 Å². The maximum absolute atomic E-state index is 3.52. The van der Waals surface area contributed by atoms with Crippen molar-refractivity contribution in [3.05, 3.63) is 35.4 Å². The van der Waals surface area contributed by atoms with E-state index < -0.39 is 0 Å². The van der Waals surface area contributed by atoms with Crippen LogP contribution in [0.1, 0.15) is 49.7 Å². The Morgan fingerprint density at radius 1 is 1.37 bits per heavy atom. The molecule has 0 aliphatic heterocycles. The van der Waals surface area contributed by atoms with Gasteiger partial charge >= 0.3 is 0 Å². The minimum Gasteiger partial charge on any atom is -0.316 e. The summed E-state index contributed by atoms with van der Waals surface area (Å²) >= 11 is 2.09. The molecule has 0 aromatic heterocycles. The molecule has 2 unspecified atom stereocenters. The van der Waals surface area contributed by atoms with Crippen molar-refractivity contribution in [2.24, 2.45) is 0 Å². The predicted molar refractivity (Wildman–Crippen MR) is 87.2 cm³/mol. The Bertz CT molecular complexity index is 377. The van der Waals surface area contributed by atoms with E-state index >= 15 is 0 Å². The molecule has 0 fully saturated rings. The van der Waals surface area contributed by atoms with Crippen LogP contribution >= 0.6 is 11.8 Å². The van der Waals surface area contributed by atoms with Crippen molar-refractivity contribution in [2.75, 3.05) is 18.6 Å². The molecule has 2 atom stereocenters. The van der Waals surface area contributed by atoms with Crippen molar-refractivity contribution < 1.29 is 0 Å². The van der Waals surface area contributed by atoms with Crippen LogP contribution in [-0.4, -0.2) is 24.6 Å². The van der Waals surface area contributed by atoms with Gasteiger partial charge in [0.25, 0.3) is 0 Å². The highest BCUT2D eigenvalue weighted by atomic mass is 32.2. The summed E-state index contributed by atoms with van der Waals surface area (Å²) in [7, 11) is 2.12. The Balaban J connectivity index is 1.94. The van der Waals surface area contributed by atoms with Crippen LogP contribution in [0.5, 0.6) is 0 Å². The minimum absolute atomic E-state index is 0.660. The van der Waals surface area contributed by atoms with Crippen LogP contribution in [0.2, 0.25) is 0 Å². The van der Waals surface area contributed by atoms with Crippen LogP contribution < -0.4 is 5.32 Å². The van der Waals surface area contributed by atoms with Gasteiger partial charge in [0.1, 0.15) is 0 Å². The average Bonchev–Trinajstić information content (AvgIpc) is 2.46. The third-order valence-corrected chi connectivity index (χ3v) is 5.47. The first kappa shape index (κ1) is 14.9. The summed E-state index contributed by atoms with van der Waals surface area (Å²) in [5.74, 6) is 3.31. The summed E-state index contributed by atoms with van der Waals surface area (Å²) in [5, 5.41) is 3.52. The van der Waals surface area contributed by atoms with Gasteiger partial charge in [0.2, 0.25) is 0 Å². The van der Waals surface area contributed by atoms with Gasteiger partial charge in [0, 0.05) is 11.8 Å². The number of fused-ring (bicyclic) bond motifs is 1. The van der Waals surface area contributed by atoms with Crippen molar-refractivity contribution in [3.8, 4) is 0 Å². The molecule has 0 saturated carbocycles. The molecular formula is C17H27NS. The van der Waals surface area contributed by atoms with E-state index in [0.29, 0.717) is 6.04 Å². The fourth-order valence-corrected chi connectivity index (χ4v) is 4.12. The molecule has 1 N–H and O–H groups in total. The molecule has 0 spiro atoms. The second kappa shape index (κ2) is 7.96. The van der Waals surface area contributed by atoms with Gasteiger partial charge in [-0.1, -0.05) is 31.2 Å². The largest absolute Gasteiger partial charge is 0.316 e. The molecule has 0 heterocycles. The Morgan fingerprint density at radius 2 is 2.21 bits per heavy atom. The molecule has 2 rings (SSSR count). The van der Waals surface area contributed by atoms with Crippen LogP contribution in [0.3, 0.4) is 0 Å². The van der Waals surface area contributed by atoms with Gasteiger partial charge in [-0.05, 0) is 61.9 Å². The number of hydrogen-bond acceptors (Lipinski definition) is 2. The van der Waals surface area contributed by atoms with Gasteiger partial charge in [0.05, 0.1) is 0 Å². The fraction of sp³-hybridized carbons (Fsp3) is 0.647. The molecule has 2 heteroatoms. The lowest BCUT2D eigenvalue weighted by Crippen LogP contribution is -2.30. The number of hydrogen-bond donors (Lipinski definition) is 1. The molecule has 1 aliphatic carbocycles. The van der Waals surface area contributed by atoms with E-state index in [2.05, 4.69) is 55.3 Å². The van der Waals surface area contributed by atoms with Gasteiger partial charge < -0.3 is 5.32 Å². The number of nitrogens with one attached hydrogen (secondary N) is 1. The van der Waals surface area contributed by atoms with Crippen LogP contribution in [-0.2, 0) is 6.42 Å². The predicted octanol–water partition coefficient (Wildman–Crippen LogP) is 4.23. The van der Waals surface area contributed by atoms with Gasteiger partial charge in [-0.3, -0.25) is 0 Å². The van der Waals surface area contributed by atoms with Gasteiger partial charge in [-0.25, -0.2) is 0 Å². The molecule has 0 radical (unpaired) electrons. The van der Waals surface area contributed by atoms with E-state index in [1.165, 1.54) is 43.6 Å². The standard InChI is InChI=1S/C17H27NS/c1-3-11-19-13-16(18-2)12-15-9-6-8-14-7-4-5-10-17(14)15/h4-5,7,10,15-16,18H,3,6,8-9,11-13H2,1-2H3. The van der Waals surface area contributed by atoms with Crippen molar-refractivity contribution >= 4 is 11.8 Å². The normalized spacial score (nSPS) is 20.0. The number of rotatable bonds is 7. The lowest BCUT2D eigenvalue weighted by Gasteiger charge is -2.29. The summed E-state index contributed by atoms with van der Waals surface area (Å²) in [4.78, 5) is 0. The summed E-state index contributed by atoms with van der Waals surface area (Å²) in [6.45, 7) is 2.26. The maximum atomic E-state index is 3.52. The quantitative estimate of drug-likeness (QED) is 0.749. The summed E-state index contributed by atoms with van der Waals surface area (Å²) in [6, 6.07) is 9.73. The Morgan fingerprint density at radius 3 is 3.00 bits per heavy atom. The molecule has 1 nitrogen and oxygen atoms in total. The zero-order valence-corrected chi connectivity index (χ0v) is 13.1. The third-order valence-electron chi connectivity index (χ3n) is 4.14. The Labute approximate surface area is 122 Å². The van der Waals surface area contributed by atoms with Crippen LogP contribution in [0, 0.1) is 0 Å². The topological polar surface area (TPSA) is 12.0 Å². The zero-order valence-electron chi connectivity index (χ0n) is 12.3. The molecular weight excluding hydrogens is 250 g/mol. The highest BCUT2D eigenvalue weighted by molar-refractivity contribution is 7.99. The monoisotopic (exact) mass is 277 g/mol. The fourth-order valence-electron chi connectivity index (χ4n) is 3.08. The van der Waals surface area contributed by atoms with E-state index in [0.717, 1.165) is 5.92 Å². The number of thioether (sulfide) groups is 1. The lowest BCUT2D eigenvalue weighted by atomic mass is 9.80. The smallest absolute Gasteiger partial charge is 0.0161 e. The van der Waals surface area contributed by atoms with Crippen molar-refractivity contribution in [1.29, 1.82) is 0 Å². The molecule has 1 aliphatic rings. The molecule has 1 aromatic rings. The van der Waals surface area contributed by atoms with Gasteiger partial charge in [-0.15, -0.1) is 0 Å². The average molecular weight is 277 g/mol. The van der Waals surface area contributed by atoms with Crippen LogP contribution in [0.15, 0.2) is 24.3 Å². The molecule has 0 bridgehead atoms. The molecule has 106 valence electrons. The molecule has 0 saturated heterocycles. The van der Waals surface area contributed by atoms with E-state index in [-0.39, 0.29) is 0 Å². The number of benzene rings is 1. The second-order valence-corrected chi connectivity index (χ2v) is 6.73. The van der Waals surface area contributed by atoms with Gasteiger partial charge in [-0.2, -0.15) is 11.8 Å². The highest BCUT2D eigenvalue weighted by Gasteiger charge is 2.22. The first-order valence-corrected chi connectivity index (χ1v) is 8.83. The molecule has 0 amide bonds. The first-order chi connectivity index (χ1) is 9.35. The Hall–Kier alpha value is -0.470. The summed E-state index contributed by atoms with van der Waals surface area (Å²) in [6.07, 6.45) is 6.59. The zero-order chi connectivity index (χ0) is 13.5. The highest BCUT2D eigenvalue weighted by Crippen LogP contribution is 2.34. The van der Waals surface area contributed by atoms with E-state index in [9.17, 15) is 0 Å². The van der Waals surface area contributed by atoms with Gasteiger partial charge in [0.15, 0.2) is 0 Å². The lowest BCUT2D eigenvalue weighted by molar-refractivity contribution is 0.453. The van der Waals surface area contributed by atoms with E-state index in [1.54, 1.807) is 11.1 Å². The van der Waals surface area contributed by atoms with Crippen molar-refractivity contribution in [2.45, 2.75) is 51.0 Å². The van der Waals surface area contributed by atoms with Crippen molar-refractivity contribution in [1.82, 2.24) is 5.32 Å². The minimum atomic E-state index is 0.660. The molecule has 19 heavy (non-hydrogen) atoms.